The number of thioether (sulfide) groups is 1. The third-order valence-corrected chi connectivity index (χ3v) is 6.62. The zero-order chi connectivity index (χ0) is 23.5. The van der Waals surface area contributed by atoms with Crippen molar-refractivity contribution < 1.29 is 19.1 Å². The van der Waals surface area contributed by atoms with E-state index in [1.54, 1.807) is 16.8 Å². The summed E-state index contributed by atoms with van der Waals surface area (Å²) in [5.41, 5.74) is 8.46. The number of aromatic nitrogens is 2. The second-order valence-electron chi connectivity index (χ2n) is 7.34. The third-order valence-electron chi connectivity index (χ3n) is 5.03. The molecule has 33 heavy (non-hydrogen) atoms. The number of nitrogens with one attached hydrogen (secondary N) is 1. The minimum atomic E-state index is -0.572. The molecule has 3 N–H and O–H groups in total. The zero-order valence-corrected chi connectivity index (χ0v) is 19.7. The molecule has 0 saturated heterocycles. The van der Waals surface area contributed by atoms with Crippen LogP contribution in [0, 0.1) is 6.92 Å². The van der Waals surface area contributed by atoms with Gasteiger partial charge in [-0.2, -0.15) is 5.10 Å². The van der Waals surface area contributed by atoms with E-state index < -0.39 is 5.91 Å². The van der Waals surface area contributed by atoms with Crippen molar-refractivity contribution in [3.05, 3.63) is 64.3 Å². The minimum absolute atomic E-state index is 0.122. The van der Waals surface area contributed by atoms with Gasteiger partial charge in [0.2, 0.25) is 5.91 Å². The lowest BCUT2D eigenvalue weighted by molar-refractivity contribution is -0.120. The molecule has 8 nitrogen and oxygen atoms in total. The Hall–Kier alpha value is -3.17. The lowest BCUT2D eigenvalue weighted by atomic mass is 10.0. The molecule has 2 aromatic carbocycles. The normalized spacial score (nSPS) is 15.4. The van der Waals surface area contributed by atoms with Crippen molar-refractivity contribution >= 4 is 41.0 Å². The van der Waals surface area contributed by atoms with Gasteiger partial charge < -0.3 is 20.5 Å². The van der Waals surface area contributed by atoms with Crippen molar-refractivity contribution in [1.29, 1.82) is 0 Å². The van der Waals surface area contributed by atoms with E-state index >= 15 is 0 Å². The second-order valence-corrected chi connectivity index (χ2v) is 8.84. The van der Waals surface area contributed by atoms with Gasteiger partial charge in [-0.15, -0.1) is 11.8 Å². The van der Waals surface area contributed by atoms with Crippen molar-refractivity contribution in [2.45, 2.75) is 19.1 Å². The van der Waals surface area contributed by atoms with Crippen LogP contribution in [0.4, 0.5) is 5.82 Å². The number of para-hydroxylation sites is 1. The molecule has 3 aromatic rings. The minimum Gasteiger partial charge on any atom is -0.490 e. The second kappa shape index (κ2) is 9.76. The Labute approximate surface area is 200 Å². The molecule has 1 aliphatic heterocycles. The van der Waals surface area contributed by atoms with Crippen LogP contribution in [0.25, 0.3) is 5.69 Å². The van der Waals surface area contributed by atoms with Crippen molar-refractivity contribution in [1.82, 2.24) is 9.78 Å². The Balaban J connectivity index is 1.80. The summed E-state index contributed by atoms with van der Waals surface area (Å²) in [6, 6.07) is 12.9. The molecule has 2 amide bonds. The van der Waals surface area contributed by atoms with Crippen molar-refractivity contribution in [3.63, 3.8) is 0 Å². The summed E-state index contributed by atoms with van der Waals surface area (Å²) >= 11 is 7.92. The molecule has 0 fully saturated rings. The summed E-state index contributed by atoms with van der Waals surface area (Å²) < 4.78 is 12.9. The number of nitrogens with two attached hydrogens (primary N) is 1. The molecule has 0 radical (unpaired) electrons. The van der Waals surface area contributed by atoms with Crippen LogP contribution in [0.3, 0.4) is 0 Å². The van der Waals surface area contributed by atoms with Gasteiger partial charge >= 0.3 is 0 Å². The number of anilines is 1. The van der Waals surface area contributed by atoms with Crippen molar-refractivity contribution in [2.75, 3.05) is 24.3 Å². The molecule has 1 atom stereocenters. The number of amides is 2. The van der Waals surface area contributed by atoms with Crippen LogP contribution >= 0.6 is 23.4 Å². The standard InChI is InChI=1S/C23H23ClN4O4S/c1-3-31-18-10-14(8-9-17(18)32-11-19(25)29)22-21-13(2)27-28(16-7-5-4-6-15(16)24)23(21)26-20(30)12-33-22/h4-10,22H,3,11-12H2,1-2H3,(H2,25,29)(H,26,30)/t22-/m1/s1. The summed E-state index contributed by atoms with van der Waals surface area (Å²) in [5.74, 6) is 1.09. The van der Waals surface area contributed by atoms with Gasteiger partial charge in [0.25, 0.3) is 5.91 Å². The summed E-state index contributed by atoms with van der Waals surface area (Å²) in [6.45, 7) is 3.95. The molecule has 172 valence electrons. The molecule has 1 aliphatic rings. The number of aryl methyl sites for hydroxylation is 1. The fourth-order valence-electron chi connectivity index (χ4n) is 3.67. The third kappa shape index (κ3) is 4.79. The smallest absolute Gasteiger partial charge is 0.255 e. The number of nitrogens with zero attached hydrogens (tertiary/aromatic N) is 2. The van der Waals surface area contributed by atoms with E-state index in [1.165, 1.54) is 11.8 Å². The Morgan fingerprint density at radius 3 is 2.79 bits per heavy atom. The Morgan fingerprint density at radius 1 is 1.27 bits per heavy atom. The van der Waals surface area contributed by atoms with Gasteiger partial charge in [-0.05, 0) is 43.7 Å². The largest absolute Gasteiger partial charge is 0.490 e. The van der Waals surface area contributed by atoms with Crippen LogP contribution in [0.15, 0.2) is 42.5 Å². The molecule has 4 rings (SSSR count). The number of benzene rings is 2. The average molecular weight is 487 g/mol. The molecular formula is C23H23ClN4O4S. The van der Waals surface area contributed by atoms with E-state index in [2.05, 4.69) is 5.32 Å². The first-order valence-corrected chi connectivity index (χ1v) is 11.8. The van der Waals surface area contributed by atoms with Crippen LogP contribution in [-0.4, -0.2) is 40.6 Å². The lowest BCUT2D eigenvalue weighted by Gasteiger charge is -2.18. The Bertz CT molecular complexity index is 1210. The van der Waals surface area contributed by atoms with Gasteiger partial charge in [0.05, 0.1) is 34.0 Å². The first kappa shape index (κ1) is 23.0. The fourth-order valence-corrected chi connectivity index (χ4v) is 5.06. The van der Waals surface area contributed by atoms with Crippen LogP contribution < -0.4 is 20.5 Å². The highest BCUT2D eigenvalue weighted by atomic mass is 35.5. The number of rotatable bonds is 7. The van der Waals surface area contributed by atoms with Gasteiger partial charge in [-0.3, -0.25) is 9.59 Å². The van der Waals surface area contributed by atoms with Gasteiger partial charge in [0.15, 0.2) is 18.1 Å². The highest BCUT2D eigenvalue weighted by molar-refractivity contribution is 8.00. The Kier molecular flexibility index (Phi) is 6.80. The molecule has 0 spiro atoms. The van der Waals surface area contributed by atoms with Crippen LogP contribution in [0.2, 0.25) is 5.02 Å². The molecule has 1 aromatic heterocycles. The van der Waals surface area contributed by atoms with E-state index in [4.69, 9.17) is 31.9 Å². The predicted molar refractivity (Wildman–Crippen MR) is 129 cm³/mol. The highest BCUT2D eigenvalue weighted by Crippen LogP contribution is 2.46. The highest BCUT2D eigenvalue weighted by Gasteiger charge is 2.31. The number of carbonyl (C=O) groups is 2. The lowest BCUT2D eigenvalue weighted by Crippen LogP contribution is -2.20. The maximum absolute atomic E-state index is 12.6. The van der Waals surface area contributed by atoms with Crippen molar-refractivity contribution in [3.8, 4) is 17.2 Å². The molecule has 0 aliphatic carbocycles. The number of halogens is 1. The first-order valence-electron chi connectivity index (χ1n) is 10.3. The fraction of sp³-hybridized carbons (Fsp3) is 0.261. The summed E-state index contributed by atoms with van der Waals surface area (Å²) in [7, 11) is 0. The number of primary amides is 1. The van der Waals surface area contributed by atoms with Gasteiger partial charge in [0.1, 0.15) is 5.82 Å². The van der Waals surface area contributed by atoms with Gasteiger partial charge in [0, 0.05) is 5.56 Å². The van der Waals surface area contributed by atoms with Crippen LogP contribution in [0.5, 0.6) is 11.5 Å². The molecule has 0 unspecified atom stereocenters. The van der Waals surface area contributed by atoms with Crippen LogP contribution in [-0.2, 0) is 9.59 Å². The Morgan fingerprint density at radius 2 is 2.06 bits per heavy atom. The van der Waals surface area contributed by atoms with E-state index in [0.717, 1.165) is 16.8 Å². The molecule has 0 bridgehead atoms. The zero-order valence-electron chi connectivity index (χ0n) is 18.1. The summed E-state index contributed by atoms with van der Waals surface area (Å²) in [6.07, 6.45) is 0. The van der Waals surface area contributed by atoms with Crippen LogP contribution in [0.1, 0.15) is 29.0 Å². The first-order chi connectivity index (χ1) is 15.9. The number of fused-ring (bicyclic) bond motifs is 1. The number of hydrogen-bond acceptors (Lipinski definition) is 6. The predicted octanol–water partition coefficient (Wildman–Crippen LogP) is 3.87. The van der Waals surface area contributed by atoms with Gasteiger partial charge in [-0.25, -0.2) is 4.68 Å². The topological polar surface area (TPSA) is 108 Å². The maximum atomic E-state index is 12.6. The molecule has 10 heteroatoms. The molecule has 0 saturated carbocycles. The summed E-state index contributed by atoms with van der Waals surface area (Å²) in [4.78, 5) is 23.7. The number of carbonyl (C=O) groups excluding carboxylic acids is 2. The number of hydrogen-bond donors (Lipinski definition) is 2. The SMILES string of the molecule is CCOc1cc([C@H]2SCC(=O)Nc3c2c(C)nn3-c2ccccc2Cl)ccc1OCC(N)=O. The average Bonchev–Trinajstić information content (AvgIpc) is 2.98. The summed E-state index contributed by atoms with van der Waals surface area (Å²) in [5, 5.41) is 8.03. The molecule has 2 heterocycles. The number of ether oxygens (including phenoxy) is 2. The van der Waals surface area contributed by atoms with E-state index in [0.29, 0.717) is 34.6 Å². The van der Waals surface area contributed by atoms with Crippen molar-refractivity contribution in [2.24, 2.45) is 5.73 Å². The van der Waals surface area contributed by atoms with E-state index in [1.807, 2.05) is 44.2 Å². The molecular weight excluding hydrogens is 464 g/mol. The quantitative estimate of drug-likeness (QED) is 0.524. The maximum Gasteiger partial charge on any atom is 0.255 e. The van der Waals surface area contributed by atoms with Gasteiger partial charge in [-0.1, -0.05) is 29.8 Å². The van der Waals surface area contributed by atoms with E-state index in [9.17, 15) is 9.59 Å². The van der Waals surface area contributed by atoms with E-state index in [-0.39, 0.29) is 23.5 Å². The monoisotopic (exact) mass is 486 g/mol.